The summed E-state index contributed by atoms with van der Waals surface area (Å²) in [6, 6.07) is -0.569. The Balaban J connectivity index is 0. The molecule has 0 rings (SSSR count). The van der Waals surface area contributed by atoms with Crippen LogP contribution in [0.15, 0.2) is 0 Å². The van der Waals surface area contributed by atoms with E-state index in [9.17, 15) is 14.5 Å². The van der Waals surface area contributed by atoms with Crippen LogP contribution in [0, 0.1) is 0 Å². The maximum Gasteiger partial charge on any atom is 0.324 e. The number of hydrogen-bond acceptors (Lipinski definition) is 10. The van der Waals surface area contributed by atoms with Gasteiger partial charge in [-0.1, -0.05) is 26.7 Å². The van der Waals surface area contributed by atoms with Crippen LogP contribution in [0.2, 0.25) is 0 Å². The van der Waals surface area contributed by atoms with Crippen LogP contribution in [0.1, 0.15) is 46.0 Å². The number of carbonyl (C=O) groups is 2. The Morgan fingerprint density at radius 2 is 1.18 bits per heavy atom. The first-order valence-electron chi connectivity index (χ1n) is 13.1. The van der Waals surface area contributed by atoms with Gasteiger partial charge < -0.3 is 54.0 Å². The lowest BCUT2D eigenvalue weighted by Gasteiger charge is -2.12. The van der Waals surface area contributed by atoms with Gasteiger partial charge in [-0.05, 0) is 24.6 Å². The molecule has 0 aromatic heterocycles. The molecule has 1 atom stereocenters. The predicted molar refractivity (Wildman–Crippen MR) is 149 cm³/mol. The maximum absolute atomic E-state index is 11.8. The SMILES string of the molecule is CC.COP(O)(=S)OCCCCCCNC(=O)CCOCCOCCOCCOCCOCCNC(N)=O. The van der Waals surface area contributed by atoms with Crippen molar-refractivity contribution in [3.63, 3.8) is 0 Å². The molecule has 0 heterocycles. The molecule has 0 aromatic rings. The van der Waals surface area contributed by atoms with E-state index < -0.39 is 12.7 Å². The average Bonchev–Trinajstić information content (AvgIpc) is 2.90. The van der Waals surface area contributed by atoms with E-state index in [-0.39, 0.29) is 5.91 Å². The number of ether oxygens (including phenoxy) is 5. The van der Waals surface area contributed by atoms with Crippen molar-refractivity contribution in [3.05, 3.63) is 0 Å². The molecule has 0 aliphatic carbocycles. The van der Waals surface area contributed by atoms with E-state index in [2.05, 4.69) is 15.2 Å². The number of carbonyl (C=O) groups excluding carboxylic acids is 2. The molecule has 228 valence electrons. The van der Waals surface area contributed by atoms with Crippen LogP contribution in [0.3, 0.4) is 0 Å². The normalized spacial score (nSPS) is 12.3. The Bertz CT molecular complexity index is 594. The zero-order valence-electron chi connectivity index (χ0n) is 23.3. The molecule has 0 radical (unpaired) electrons. The lowest BCUT2D eigenvalue weighted by atomic mass is 10.2. The van der Waals surface area contributed by atoms with E-state index in [1.165, 1.54) is 7.11 Å². The fourth-order valence-electron chi connectivity index (χ4n) is 2.52. The summed E-state index contributed by atoms with van der Waals surface area (Å²) in [6.45, 7) is 6.60. The van der Waals surface area contributed by atoms with Crippen molar-refractivity contribution >= 4 is 30.5 Å². The van der Waals surface area contributed by atoms with Crippen LogP contribution in [0.25, 0.3) is 0 Å². The summed E-state index contributed by atoms with van der Waals surface area (Å²) in [4.78, 5) is 31.7. The van der Waals surface area contributed by atoms with E-state index in [0.29, 0.717) is 92.2 Å². The number of hydrogen-bond donors (Lipinski definition) is 4. The van der Waals surface area contributed by atoms with Gasteiger partial charge in [-0.15, -0.1) is 0 Å². The van der Waals surface area contributed by atoms with Crippen LogP contribution in [0.4, 0.5) is 4.79 Å². The molecule has 38 heavy (non-hydrogen) atoms. The molecule has 3 amide bonds. The highest BCUT2D eigenvalue weighted by molar-refractivity contribution is 8.07. The van der Waals surface area contributed by atoms with Crippen molar-refractivity contribution in [2.24, 2.45) is 5.73 Å². The highest BCUT2D eigenvalue weighted by Gasteiger charge is 2.10. The van der Waals surface area contributed by atoms with Gasteiger partial charge in [-0.2, -0.15) is 0 Å². The standard InChI is InChI=1S/C21H44N3O10PS.C2H6/c1-28-35(27,36)34-9-5-3-2-4-7-23-20(25)6-10-29-12-14-31-16-18-33-19-17-32-15-13-30-11-8-24-21(22)26;1-2/h2-19H2,1H3,(H,23,25)(H,27,36)(H3,22,24,26);1-2H3. The summed E-state index contributed by atoms with van der Waals surface area (Å²) >= 11 is 4.74. The average molecular weight is 592 g/mol. The molecule has 0 saturated carbocycles. The Kier molecular flexibility index (Phi) is 31.6. The van der Waals surface area contributed by atoms with E-state index in [0.717, 1.165) is 25.7 Å². The topological polar surface area (TPSA) is 169 Å². The summed E-state index contributed by atoms with van der Waals surface area (Å²) in [5, 5.41) is 5.28. The quantitative estimate of drug-likeness (QED) is 0.0810. The second kappa shape index (κ2) is 30.6. The highest BCUT2D eigenvalue weighted by Crippen LogP contribution is 2.42. The molecule has 5 N–H and O–H groups in total. The van der Waals surface area contributed by atoms with Gasteiger partial charge in [0, 0.05) is 26.6 Å². The minimum Gasteiger partial charge on any atom is -0.379 e. The Hall–Kier alpha value is -0.930. The van der Waals surface area contributed by atoms with Gasteiger partial charge in [-0.25, -0.2) is 4.79 Å². The van der Waals surface area contributed by atoms with E-state index in [1.807, 2.05) is 13.8 Å². The molecule has 13 nitrogen and oxygen atoms in total. The summed E-state index contributed by atoms with van der Waals surface area (Å²) < 4.78 is 36.5. The number of primary amides is 1. The van der Waals surface area contributed by atoms with Crippen molar-refractivity contribution < 1.29 is 47.2 Å². The summed E-state index contributed by atoms with van der Waals surface area (Å²) in [7, 11) is 1.33. The molecule has 0 saturated heterocycles. The lowest BCUT2D eigenvalue weighted by molar-refractivity contribution is -0.122. The summed E-state index contributed by atoms with van der Waals surface area (Å²) in [6.07, 6.45) is 3.84. The van der Waals surface area contributed by atoms with Crippen molar-refractivity contribution in [2.45, 2.75) is 46.0 Å². The first-order valence-corrected chi connectivity index (χ1v) is 15.7. The molecule has 0 aromatic carbocycles. The second-order valence-corrected chi connectivity index (χ2v) is 10.3. The smallest absolute Gasteiger partial charge is 0.324 e. The van der Waals surface area contributed by atoms with Gasteiger partial charge in [-0.3, -0.25) is 4.79 Å². The van der Waals surface area contributed by atoms with Gasteiger partial charge in [0.1, 0.15) is 0 Å². The van der Waals surface area contributed by atoms with Crippen molar-refractivity contribution in [2.75, 3.05) is 92.9 Å². The van der Waals surface area contributed by atoms with Gasteiger partial charge in [0.15, 0.2) is 0 Å². The van der Waals surface area contributed by atoms with Crippen LogP contribution < -0.4 is 16.4 Å². The number of nitrogens with one attached hydrogen (secondary N) is 2. The molecule has 0 bridgehead atoms. The molecule has 15 heteroatoms. The minimum atomic E-state index is -3.05. The van der Waals surface area contributed by atoms with Crippen molar-refractivity contribution in [3.8, 4) is 0 Å². The molecule has 1 unspecified atom stereocenters. The first kappa shape index (κ1) is 39.2. The molecule has 0 fully saturated rings. The first-order chi connectivity index (χ1) is 18.4. The zero-order chi connectivity index (χ0) is 28.7. The van der Waals surface area contributed by atoms with Gasteiger partial charge in [0.05, 0.1) is 72.7 Å². The fourth-order valence-corrected chi connectivity index (χ4v) is 3.21. The third kappa shape index (κ3) is 33.1. The van der Waals surface area contributed by atoms with Crippen LogP contribution in [0.5, 0.6) is 0 Å². The monoisotopic (exact) mass is 591 g/mol. The van der Waals surface area contributed by atoms with E-state index >= 15 is 0 Å². The van der Waals surface area contributed by atoms with Gasteiger partial charge in [0.25, 0.3) is 0 Å². The van der Waals surface area contributed by atoms with Crippen molar-refractivity contribution in [1.29, 1.82) is 0 Å². The Labute approximate surface area is 233 Å². The summed E-state index contributed by atoms with van der Waals surface area (Å²) in [5.74, 6) is -0.0393. The van der Waals surface area contributed by atoms with Gasteiger partial charge in [0.2, 0.25) is 5.91 Å². The van der Waals surface area contributed by atoms with Crippen molar-refractivity contribution in [1.82, 2.24) is 10.6 Å². The minimum absolute atomic E-state index is 0.0393. The molecule has 0 spiro atoms. The molecule has 0 aliphatic rings. The van der Waals surface area contributed by atoms with Crippen LogP contribution in [-0.4, -0.2) is 110 Å². The Morgan fingerprint density at radius 1 is 0.711 bits per heavy atom. The number of amides is 3. The number of rotatable bonds is 27. The molecule has 0 aliphatic heterocycles. The van der Waals surface area contributed by atoms with E-state index in [4.69, 9.17) is 45.7 Å². The largest absolute Gasteiger partial charge is 0.379 e. The van der Waals surface area contributed by atoms with Gasteiger partial charge >= 0.3 is 12.7 Å². The Morgan fingerprint density at radius 3 is 1.68 bits per heavy atom. The third-order valence-electron chi connectivity index (χ3n) is 4.39. The van der Waals surface area contributed by atoms with Crippen LogP contribution in [-0.2, 0) is 49.3 Å². The second-order valence-electron chi connectivity index (χ2n) is 7.35. The molecular weight excluding hydrogens is 541 g/mol. The maximum atomic E-state index is 11.8. The molecular formula is C23H50N3O10PS. The number of urea groups is 1. The van der Waals surface area contributed by atoms with E-state index in [1.54, 1.807) is 0 Å². The fraction of sp³-hybridized carbons (Fsp3) is 0.913. The zero-order valence-corrected chi connectivity index (χ0v) is 25.0. The summed E-state index contributed by atoms with van der Waals surface area (Å²) in [5.41, 5.74) is 4.93. The van der Waals surface area contributed by atoms with Crippen LogP contribution >= 0.6 is 6.72 Å². The number of nitrogens with two attached hydrogens (primary N) is 1. The highest BCUT2D eigenvalue weighted by atomic mass is 32.5. The lowest BCUT2D eigenvalue weighted by Crippen LogP contribution is -2.32. The predicted octanol–water partition coefficient (Wildman–Crippen LogP) is 1.71. The third-order valence-corrected chi connectivity index (χ3v) is 6.12. The number of unbranched alkanes of at least 4 members (excludes halogenated alkanes) is 3.